The van der Waals surface area contributed by atoms with Gasteiger partial charge in [-0.25, -0.2) is 9.59 Å². The van der Waals surface area contributed by atoms with E-state index in [0.29, 0.717) is 25.8 Å². The van der Waals surface area contributed by atoms with E-state index in [1.54, 1.807) is 0 Å². The second-order valence-electron chi connectivity index (χ2n) is 7.25. The Kier molecular flexibility index (Phi) is 7.81. The van der Waals surface area contributed by atoms with E-state index in [0.717, 1.165) is 6.08 Å². The van der Waals surface area contributed by atoms with Crippen LogP contribution in [0.15, 0.2) is 60.7 Å². The highest BCUT2D eigenvalue weighted by Crippen LogP contribution is 2.44. The van der Waals surface area contributed by atoms with Crippen LogP contribution in [0.2, 0.25) is 0 Å². The van der Waals surface area contributed by atoms with Crippen molar-refractivity contribution < 1.29 is 24.2 Å². The fraction of sp³-hybridized carbons (Fsp3) is 0.292. The Balaban J connectivity index is 1.35. The fourth-order valence-electron chi connectivity index (χ4n) is 3.67. The van der Waals surface area contributed by atoms with Crippen LogP contribution in [0.3, 0.4) is 0 Å². The van der Waals surface area contributed by atoms with Crippen LogP contribution in [0.1, 0.15) is 36.3 Å². The Morgan fingerprint density at radius 2 is 1.58 bits per heavy atom. The molecule has 0 atom stereocenters. The average molecular weight is 422 g/mol. The molecule has 2 aromatic rings. The molecule has 0 heterocycles. The second kappa shape index (κ2) is 11.0. The Hall–Kier alpha value is -3.61. The van der Waals surface area contributed by atoms with Crippen LogP contribution in [0.4, 0.5) is 4.79 Å². The highest BCUT2D eigenvalue weighted by molar-refractivity contribution is 5.80. The number of alkyl carbamates (subject to hydrolysis) is 1. The number of fused-ring (bicyclic) bond motifs is 3. The number of carbonyl (C=O) groups excluding carboxylic acids is 2. The maximum Gasteiger partial charge on any atom is 0.407 e. The van der Waals surface area contributed by atoms with Gasteiger partial charge in [-0.2, -0.15) is 0 Å². The molecule has 0 spiro atoms. The number of carbonyl (C=O) groups is 3. The first-order valence-electron chi connectivity index (χ1n) is 10.3. The molecule has 0 aliphatic heterocycles. The molecule has 162 valence electrons. The third-order valence-electron chi connectivity index (χ3n) is 5.12. The Labute approximate surface area is 181 Å². The molecule has 0 fully saturated rings. The number of aliphatic carboxylic acids is 1. The summed E-state index contributed by atoms with van der Waals surface area (Å²) in [6.45, 7) is 0.873. The van der Waals surface area contributed by atoms with Crippen LogP contribution in [-0.4, -0.2) is 42.8 Å². The van der Waals surface area contributed by atoms with Gasteiger partial charge >= 0.3 is 12.1 Å². The highest BCUT2D eigenvalue weighted by atomic mass is 16.5. The van der Waals surface area contributed by atoms with E-state index < -0.39 is 12.1 Å². The normalized spacial score (nSPS) is 12.3. The summed E-state index contributed by atoms with van der Waals surface area (Å²) in [5, 5.41) is 13.8. The molecule has 7 heteroatoms. The zero-order chi connectivity index (χ0) is 22.1. The lowest BCUT2D eigenvalue weighted by molar-refractivity contribution is -0.131. The van der Waals surface area contributed by atoms with Crippen molar-refractivity contribution in [3.63, 3.8) is 0 Å². The number of rotatable bonds is 10. The van der Waals surface area contributed by atoms with Crippen LogP contribution in [-0.2, 0) is 14.3 Å². The molecule has 2 aromatic carbocycles. The van der Waals surface area contributed by atoms with E-state index in [1.165, 1.54) is 28.3 Å². The van der Waals surface area contributed by atoms with Gasteiger partial charge in [0.25, 0.3) is 0 Å². The average Bonchev–Trinajstić information content (AvgIpc) is 3.09. The van der Waals surface area contributed by atoms with E-state index in [1.807, 2.05) is 24.3 Å². The molecule has 3 N–H and O–H groups in total. The van der Waals surface area contributed by atoms with E-state index in [4.69, 9.17) is 9.84 Å². The summed E-state index contributed by atoms with van der Waals surface area (Å²) in [5.74, 6) is -1.18. The maximum atomic E-state index is 12.1. The minimum Gasteiger partial charge on any atom is -0.478 e. The smallest absolute Gasteiger partial charge is 0.407 e. The van der Waals surface area contributed by atoms with Gasteiger partial charge < -0.3 is 20.5 Å². The van der Waals surface area contributed by atoms with E-state index in [9.17, 15) is 14.4 Å². The van der Waals surface area contributed by atoms with Crippen LogP contribution < -0.4 is 10.6 Å². The first-order chi connectivity index (χ1) is 15.1. The van der Waals surface area contributed by atoms with Gasteiger partial charge in [-0.1, -0.05) is 54.6 Å². The molecule has 7 nitrogen and oxygen atoms in total. The molecule has 1 aliphatic carbocycles. The molecule has 0 radical (unpaired) electrons. The number of carboxylic acids is 1. The number of hydrogen-bond donors (Lipinski definition) is 3. The lowest BCUT2D eigenvalue weighted by atomic mass is 9.98. The zero-order valence-electron chi connectivity index (χ0n) is 17.2. The number of unbranched alkanes of at least 4 members (excludes halogenated alkanes) is 1. The van der Waals surface area contributed by atoms with Gasteiger partial charge in [0, 0.05) is 31.5 Å². The van der Waals surface area contributed by atoms with Crippen LogP contribution >= 0.6 is 0 Å². The number of carboxylic acid groups (broad SMARTS) is 1. The Morgan fingerprint density at radius 1 is 0.935 bits per heavy atom. The number of hydrogen-bond acceptors (Lipinski definition) is 4. The first kappa shape index (κ1) is 22.1. The van der Waals surface area contributed by atoms with Gasteiger partial charge in [-0.15, -0.1) is 0 Å². The van der Waals surface area contributed by atoms with Crippen molar-refractivity contribution in [2.24, 2.45) is 0 Å². The molecule has 0 saturated carbocycles. The summed E-state index contributed by atoms with van der Waals surface area (Å²) in [5.41, 5.74) is 4.70. The summed E-state index contributed by atoms with van der Waals surface area (Å²) in [7, 11) is 0. The Bertz CT molecular complexity index is 924. The number of benzene rings is 2. The van der Waals surface area contributed by atoms with Crippen LogP contribution in [0, 0.1) is 0 Å². The number of amides is 2. The lowest BCUT2D eigenvalue weighted by Crippen LogP contribution is -2.27. The molecule has 0 aromatic heterocycles. The number of ether oxygens (including phenoxy) is 1. The molecule has 0 unspecified atom stereocenters. The van der Waals surface area contributed by atoms with Crippen molar-refractivity contribution >= 4 is 18.0 Å². The van der Waals surface area contributed by atoms with Gasteiger partial charge in [0.05, 0.1) is 0 Å². The van der Waals surface area contributed by atoms with Crippen LogP contribution in [0.5, 0.6) is 0 Å². The first-order valence-corrected chi connectivity index (χ1v) is 10.3. The molecule has 31 heavy (non-hydrogen) atoms. The van der Waals surface area contributed by atoms with Gasteiger partial charge in [-0.3, -0.25) is 4.79 Å². The summed E-state index contributed by atoms with van der Waals surface area (Å²) in [6, 6.07) is 16.3. The maximum absolute atomic E-state index is 12.1. The standard InChI is InChI=1S/C24H26N2O5/c27-22(25-15-7-13-23(28)29)12-5-6-14-26-24(30)31-16-21-19-10-3-1-8-17(19)18-9-2-4-11-20(18)21/h1-4,7-11,13,21H,5-6,12,14-16H2,(H,25,27)(H,26,30)(H,28,29)/b13-7+. The van der Waals surface area contributed by atoms with Gasteiger partial charge in [0.15, 0.2) is 0 Å². The van der Waals surface area contributed by atoms with Gasteiger partial charge in [0.1, 0.15) is 6.61 Å². The summed E-state index contributed by atoms with van der Waals surface area (Å²) in [4.78, 5) is 34.0. The predicted molar refractivity (Wildman–Crippen MR) is 117 cm³/mol. The largest absolute Gasteiger partial charge is 0.478 e. The van der Waals surface area contributed by atoms with E-state index in [-0.39, 0.29) is 25.0 Å². The van der Waals surface area contributed by atoms with Crippen molar-refractivity contribution in [3.8, 4) is 11.1 Å². The monoisotopic (exact) mass is 422 g/mol. The van der Waals surface area contributed by atoms with E-state index in [2.05, 4.69) is 34.9 Å². The lowest BCUT2D eigenvalue weighted by Gasteiger charge is -2.14. The fourth-order valence-corrected chi connectivity index (χ4v) is 3.67. The summed E-state index contributed by atoms with van der Waals surface area (Å²) >= 11 is 0. The minimum absolute atomic E-state index is 0.0250. The molecular weight excluding hydrogens is 396 g/mol. The molecular formula is C24H26N2O5. The van der Waals surface area contributed by atoms with Crippen molar-refractivity contribution in [2.75, 3.05) is 19.7 Å². The number of nitrogens with one attached hydrogen (secondary N) is 2. The molecule has 2 amide bonds. The second-order valence-corrected chi connectivity index (χ2v) is 7.25. The molecule has 1 aliphatic rings. The van der Waals surface area contributed by atoms with Gasteiger partial charge in [-0.05, 0) is 35.1 Å². The summed E-state index contributed by atoms with van der Waals surface area (Å²) < 4.78 is 5.47. The van der Waals surface area contributed by atoms with Crippen molar-refractivity contribution in [3.05, 3.63) is 71.8 Å². The quantitative estimate of drug-likeness (QED) is 0.402. The third-order valence-corrected chi connectivity index (χ3v) is 5.12. The zero-order valence-corrected chi connectivity index (χ0v) is 17.2. The third kappa shape index (κ3) is 6.18. The van der Waals surface area contributed by atoms with E-state index >= 15 is 0 Å². The molecule has 0 bridgehead atoms. The van der Waals surface area contributed by atoms with Gasteiger partial charge in [0.2, 0.25) is 5.91 Å². The topological polar surface area (TPSA) is 105 Å². The SMILES string of the molecule is O=C(O)/C=C/CNC(=O)CCCCNC(=O)OCC1c2ccccc2-c2ccccc21. The Morgan fingerprint density at radius 3 is 2.23 bits per heavy atom. The molecule has 0 saturated heterocycles. The van der Waals surface area contributed by atoms with Crippen LogP contribution in [0.25, 0.3) is 11.1 Å². The van der Waals surface area contributed by atoms with Crippen molar-refractivity contribution in [1.29, 1.82) is 0 Å². The highest BCUT2D eigenvalue weighted by Gasteiger charge is 2.28. The van der Waals surface area contributed by atoms with Crippen molar-refractivity contribution in [1.82, 2.24) is 10.6 Å². The predicted octanol–water partition coefficient (Wildman–Crippen LogP) is 3.45. The van der Waals surface area contributed by atoms with Crippen molar-refractivity contribution in [2.45, 2.75) is 25.2 Å². The summed E-state index contributed by atoms with van der Waals surface area (Å²) in [6.07, 6.45) is 3.45. The minimum atomic E-state index is -1.05. The molecule has 3 rings (SSSR count).